The van der Waals surface area contributed by atoms with Crippen LogP contribution >= 0.6 is 22.9 Å². The highest BCUT2D eigenvalue weighted by atomic mass is 35.5. The van der Waals surface area contributed by atoms with Gasteiger partial charge in [-0.1, -0.05) is 17.7 Å². The zero-order valence-corrected chi connectivity index (χ0v) is 9.28. The van der Waals surface area contributed by atoms with Crippen LogP contribution in [0.5, 0.6) is 0 Å². The maximum absolute atomic E-state index is 12.5. The van der Waals surface area contributed by atoms with Crippen molar-refractivity contribution in [3.05, 3.63) is 33.7 Å². The number of hydrogen-bond donors (Lipinski definition) is 1. The molecule has 0 atom stereocenters. The lowest BCUT2D eigenvalue weighted by Crippen LogP contribution is -1.94. The van der Waals surface area contributed by atoms with E-state index in [-0.39, 0.29) is 15.5 Å². The summed E-state index contributed by atoms with van der Waals surface area (Å²) in [5, 5.41) is 9.22. The molecule has 0 unspecified atom stereocenters. The Morgan fingerprint density at radius 2 is 2.12 bits per heavy atom. The van der Waals surface area contributed by atoms with Gasteiger partial charge in [0.1, 0.15) is 0 Å². The fourth-order valence-electron chi connectivity index (χ4n) is 1.36. The van der Waals surface area contributed by atoms with E-state index in [0.717, 1.165) is 11.3 Å². The minimum atomic E-state index is -2.64. The van der Waals surface area contributed by atoms with Gasteiger partial charge in [0.2, 0.25) is 0 Å². The van der Waals surface area contributed by atoms with Crippen LogP contribution in [0.2, 0.25) is 5.02 Å². The van der Waals surface area contributed by atoms with Gasteiger partial charge in [-0.2, -0.15) is 0 Å². The van der Waals surface area contributed by atoms with Gasteiger partial charge in [0.15, 0.2) is 0 Å². The van der Waals surface area contributed by atoms with Crippen molar-refractivity contribution in [2.45, 2.75) is 6.43 Å². The fourth-order valence-corrected chi connectivity index (χ4v) is 2.77. The van der Waals surface area contributed by atoms with Crippen molar-refractivity contribution >= 4 is 39.0 Å². The Kier molecular flexibility index (Phi) is 2.82. The summed E-state index contributed by atoms with van der Waals surface area (Å²) < 4.78 is 25.5. The average molecular weight is 263 g/mol. The third-order valence-electron chi connectivity index (χ3n) is 2.10. The van der Waals surface area contributed by atoms with Crippen LogP contribution in [-0.2, 0) is 0 Å². The highest BCUT2D eigenvalue weighted by Gasteiger charge is 2.18. The van der Waals surface area contributed by atoms with E-state index in [9.17, 15) is 13.6 Å². The van der Waals surface area contributed by atoms with E-state index in [2.05, 4.69) is 0 Å². The van der Waals surface area contributed by atoms with Crippen LogP contribution in [0.1, 0.15) is 21.7 Å². The Balaban J connectivity index is 2.67. The minimum absolute atomic E-state index is 0.00642. The number of aromatic carboxylic acids is 1. The standard InChI is InChI=1S/C10H5ClF2O2S/c11-7-5-2-1-4(10(14)15)3-6(5)16-8(7)9(12)13/h1-3,9H,(H,14,15). The first-order chi connectivity index (χ1) is 7.50. The van der Waals surface area contributed by atoms with E-state index in [0.29, 0.717) is 10.1 Å². The van der Waals surface area contributed by atoms with Gasteiger partial charge >= 0.3 is 5.97 Å². The number of alkyl halides is 2. The number of carbonyl (C=O) groups is 1. The predicted octanol–water partition coefficient (Wildman–Crippen LogP) is 4.19. The number of halogens is 3. The van der Waals surface area contributed by atoms with Crippen LogP contribution < -0.4 is 0 Å². The molecule has 0 fully saturated rings. The number of hydrogen-bond acceptors (Lipinski definition) is 2. The first kappa shape index (κ1) is 11.3. The predicted molar refractivity (Wildman–Crippen MR) is 58.8 cm³/mol. The van der Waals surface area contributed by atoms with Crippen molar-refractivity contribution in [3.8, 4) is 0 Å². The average Bonchev–Trinajstić information content (AvgIpc) is 2.55. The molecule has 0 aliphatic carbocycles. The van der Waals surface area contributed by atoms with Crippen molar-refractivity contribution in [3.63, 3.8) is 0 Å². The lowest BCUT2D eigenvalue weighted by Gasteiger charge is -1.94. The van der Waals surface area contributed by atoms with Crippen LogP contribution in [0.3, 0.4) is 0 Å². The topological polar surface area (TPSA) is 37.3 Å². The van der Waals surface area contributed by atoms with Crippen LogP contribution in [-0.4, -0.2) is 11.1 Å². The van der Waals surface area contributed by atoms with Gasteiger partial charge in [-0.3, -0.25) is 0 Å². The highest BCUT2D eigenvalue weighted by Crippen LogP contribution is 2.40. The summed E-state index contributed by atoms with van der Waals surface area (Å²) in [7, 11) is 0. The molecule has 0 spiro atoms. The van der Waals surface area contributed by atoms with Gasteiger partial charge in [-0.05, 0) is 12.1 Å². The van der Waals surface area contributed by atoms with E-state index in [1.54, 1.807) is 0 Å². The molecule has 84 valence electrons. The second-order valence-electron chi connectivity index (χ2n) is 3.10. The SMILES string of the molecule is O=C(O)c1ccc2c(Cl)c(C(F)F)sc2c1. The maximum atomic E-state index is 12.5. The summed E-state index contributed by atoms with van der Waals surface area (Å²) in [6.07, 6.45) is -2.64. The van der Waals surface area contributed by atoms with Gasteiger partial charge in [0, 0.05) is 10.1 Å². The van der Waals surface area contributed by atoms with E-state index in [1.165, 1.54) is 18.2 Å². The smallest absolute Gasteiger partial charge is 0.335 e. The monoisotopic (exact) mass is 262 g/mol. The quantitative estimate of drug-likeness (QED) is 0.881. The van der Waals surface area contributed by atoms with Crippen LogP contribution in [0.25, 0.3) is 10.1 Å². The molecule has 0 saturated heterocycles. The summed E-state index contributed by atoms with van der Waals surface area (Å²) >= 11 is 6.59. The van der Waals surface area contributed by atoms with Crippen molar-refractivity contribution in [1.82, 2.24) is 0 Å². The van der Waals surface area contributed by atoms with Crippen molar-refractivity contribution in [2.75, 3.05) is 0 Å². The summed E-state index contributed by atoms with van der Waals surface area (Å²) in [5.41, 5.74) is 0.0613. The Morgan fingerprint density at radius 1 is 1.44 bits per heavy atom. The number of rotatable bonds is 2. The molecule has 0 radical (unpaired) electrons. The molecule has 16 heavy (non-hydrogen) atoms. The van der Waals surface area contributed by atoms with Gasteiger partial charge in [0.25, 0.3) is 6.43 Å². The fraction of sp³-hybridized carbons (Fsp3) is 0.100. The number of carboxylic acid groups (broad SMARTS) is 1. The Hall–Kier alpha value is -1.20. The molecule has 2 aromatic rings. The first-order valence-electron chi connectivity index (χ1n) is 4.24. The van der Waals surface area contributed by atoms with Crippen LogP contribution in [0.15, 0.2) is 18.2 Å². The molecule has 0 amide bonds. The number of carboxylic acids is 1. The zero-order chi connectivity index (χ0) is 11.9. The number of fused-ring (bicyclic) bond motifs is 1. The van der Waals surface area contributed by atoms with Gasteiger partial charge < -0.3 is 5.11 Å². The summed E-state index contributed by atoms with van der Waals surface area (Å²) in [6.45, 7) is 0. The highest BCUT2D eigenvalue weighted by molar-refractivity contribution is 7.19. The van der Waals surface area contributed by atoms with Crippen molar-refractivity contribution in [2.24, 2.45) is 0 Å². The van der Waals surface area contributed by atoms with Crippen LogP contribution in [0.4, 0.5) is 8.78 Å². The molecular weight excluding hydrogens is 258 g/mol. The van der Waals surface area contributed by atoms with Gasteiger partial charge in [-0.25, -0.2) is 13.6 Å². The van der Waals surface area contributed by atoms with Crippen molar-refractivity contribution in [1.29, 1.82) is 0 Å². The minimum Gasteiger partial charge on any atom is -0.478 e. The molecule has 0 aliphatic heterocycles. The number of thiophene rings is 1. The van der Waals surface area contributed by atoms with E-state index in [4.69, 9.17) is 16.7 Å². The number of benzene rings is 1. The molecule has 0 saturated carbocycles. The molecule has 1 aromatic heterocycles. The molecule has 1 aromatic carbocycles. The molecule has 1 N–H and O–H groups in total. The largest absolute Gasteiger partial charge is 0.478 e. The third kappa shape index (κ3) is 1.76. The van der Waals surface area contributed by atoms with Gasteiger partial charge in [0.05, 0.1) is 15.5 Å². The van der Waals surface area contributed by atoms with Crippen molar-refractivity contribution < 1.29 is 18.7 Å². The summed E-state index contributed by atoms with van der Waals surface area (Å²) in [6, 6.07) is 4.14. The Bertz CT molecular complexity index is 565. The molecule has 2 nitrogen and oxygen atoms in total. The zero-order valence-electron chi connectivity index (χ0n) is 7.71. The molecule has 0 bridgehead atoms. The van der Waals surface area contributed by atoms with Gasteiger partial charge in [-0.15, -0.1) is 11.3 Å². The Morgan fingerprint density at radius 3 is 2.69 bits per heavy atom. The lowest BCUT2D eigenvalue weighted by molar-refractivity contribution is 0.0697. The third-order valence-corrected chi connectivity index (χ3v) is 3.78. The van der Waals surface area contributed by atoms with E-state index < -0.39 is 12.4 Å². The second-order valence-corrected chi connectivity index (χ2v) is 4.56. The van der Waals surface area contributed by atoms with E-state index in [1.807, 2.05) is 0 Å². The summed E-state index contributed by atoms with van der Waals surface area (Å²) in [4.78, 5) is 10.5. The lowest BCUT2D eigenvalue weighted by atomic mass is 10.2. The van der Waals surface area contributed by atoms with Crippen LogP contribution in [0, 0.1) is 0 Å². The molecule has 0 aliphatic rings. The first-order valence-corrected chi connectivity index (χ1v) is 5.43. The molecule has 6 heteroatoms. The normalized spacial score (nSPS) is 11.2. The molecule has 2 rings (SSSR count). The second kappa shape index (κ2) is 3.99. The van der Waals surface area contributed by atoms with E-state index >= 15 is 0 Å². The summed E-state index contributed by atoms with van der Waals surface area (Å²) in [5.74, 6) is -1.09. The maximum Gasteiger partial charge on any atom is 0.335 e. The Labute approximate surface area is 98.1 Å². The molecular formula is C10H5ClF2O2S. The molecule has 1 heterocycles.